The van der Waals surface area contributed by atoms with Crippen LogP contribution in [0.15, 0.2) is 18.2 Å². The molecule has 1 heterocycles. The predicted molar refractivity (Wildman–Crippen MR) is 56.3 cm³/mol. The van der Waals surface area contributed by atoms with E-state index in [-0.39, 0.29) is 5.82 Å². The third-order valence-corrected chi connectivity index (χ3v) is 2.87. The van der Waals surface area contributed by atoms with E-state index in [9.17, 15) is 4.39 Å². The van der Waals surface area contributed by atoms with Crippen LogP contribution in [0.1, 0.15) is 24.3 Å². The van der Waals surface area contributed by atoms with Crippen molar-refractivity contribution in [3.05, 3.63) is 34.6 Å². The fraction of sp³-hybridized carbons (Fsp3) is 0.455. The first-order valence-electron chi connectivity index (χ1n) is 4.92. The van der Waals surface area contributed by atoms with Gasteiger partial charge in [-0.25, -0.2) is 4.39 Å². The van der Waals surface area contributed by atoms with Crippen molar-refractivity contribution >= 4 is 11.6 Å². The van der Waals surface area contributed by atoms with Gasteiger partial charge in [-0.1, -0.05) is 11.6 Å². The van der Waals surface area contributed by atoms with Gasteiger partial charge >= 0.3 is 0 Å². The second-order valence-corrected chi connectivity index (χ2v) is 4.18. The lowest BCUT2D eigenvalue weighted by Crippen LogP contribution is -2.28. The molecule has 14 heavy (non-hydrogen) atoms. The van der Waals surface area contributed by atoms with E-state index in [1.165, 1.54) is 6.07 Å². The Morgan fingerprint density at radius 1 is 1.36 bits per heavy atom. The topological polar surface area (TPSA) is 12.0 Å². The van der Waals surface area contributed by atoms with Crippen molar-refractivity contribution in [2.45, 2.75) is 18.8 Å². The molecular weight excluding hydrogens is 201 g/mol. The average molecular weight is 214 g/mol. The number of benzene rings is 1. The smallest absolute Gasteiger partial charge is 0.124 e. The quantitative estimate of drug-likeness (QED) is 0.757. The highest BCUT2D eigenvalue weighted by atomic mass is 35.5. The van der Waals surface area contributed by atoms with E-state index < -0.39 is 0 Å². The van der Waals surface area contributed by atoms with Gasteiger partial charge in [0.15, 0.2) is 0 Å². The van der Waals surface area contributed by atoms with Gasteiger partial charge in [-0.15, -0.1) is 0 Å². The highest BCUT2D eigenvalue weighted by Crippen LogP contribution is 2.26. The molecule has 0 radical (unpaired) electrons. The van der Waals surface area contributed by atoms with Crippen LogP contribution < -0.4 is 5.32 Å². The Balaban J connectivity index is 2.21. The Hall–Kier alpha value is -0.600. The van der Waals surface area contributed by atoms with Gasteiger partial charge < -0.3 is 5.32 Å². The van der Waals surface area contributed by atoms with Crippen molar-refractivity contribution in [3.8, 4) is 0 Å². The van der Waals surface area contributed by atoms with Crippen LogP contribution in [-0.4, -0.2) is 13.1 Å². The molecule has 0 aliphatic carbocycles. The van der Waals surface area contributed by atoms with Gasteiger partial charge in [0, 0.05) is 11.6 Å². The Kier molecular flexibility index (Phi) is 3.04. The van der Waals surface area contributed by atoms with Gasteiger partial charge in [-0.2, -0.15) is 0 Å². The molecule has 3 heteroatoms. The Bertz CT molecular complexity index is 301. The summed E-state index contributed by atoms with van der Waals surface area (Å²) in [4.78, 5) is 0. The monoisotopic (exact) mass is 213 g/mol. The Morgan fingerprint density at radius 3 is 2.86 bits per heavy atom. The van der Waals surface area contributed by atoms with Crippen LogP contribution in [0.4, 0.5) is 4.39 Å². The fourth-order valence-electron chi connectivity index (χ4n) is 1.95. The normalized spacial score (nSPS) is 22.3. The standard InChI is InChI=1S/C11H13ClFN/c12-10-4-9(5-11(13)6-10)8-2-1-3-14-7-8/h4-6,8,14H,1-3,7H2. The minimum absolute atomic E-state index is 0.238. The van der Waals surface area contributed by atoms with E-state index in [0.29, 0.717) is 10.9 Å². The third kappa shape index (κ3) is 2.25. The maximum Gasteiger partial charge on any atom is 0.124 e. The van der Waals surface area contributed by atoms with E-state index >= 15 is 0 Å². The van der Waals surface area contributed by atoms with Crippen molar-refractivity contribution in [3.63, 3.8) is 0 Å². The molecule has 0 aromatic heterocycles. The second kappa shape index (κ2) is 4.28. The van der Waals surface area contributed by atoms with Crippen molar-refractivity contribution in [1.29, 1.82) is 0 Å². The number of piperidine rings is 1. The molecule has 1 saturated heterocycles. The van der Waals surface area contributed by atoms with E-state index in [1.807, 2.05) is 6.07 Å². The van der Waals surface area contributed by atoms with Gasteiger partial charge in [-0.3, -0.25) is 0 Å². The summed E-state index contributed by atoms with van der Waals surface area (Å²) >= 11 is 5.81. The minimum atomic E-state index is -0.238. The average Bonchev–Trinajstić information content (AvgIpc) is 2.18. The fourth-order valence-corrected chi connectivity index (χ4v) is 2.18. The number of hydrogen-bond acceptors (Lipinski definition) is 1. The van der Waals surface area contributed by atoms with Crippen LogP contribution in [0.5, 0.6) is 0 Å². The summed E-state index contributed by atoms with van der Waals surface area (Å²) in [6.45, 7) is 2.00. The zero-order valence-electron chi connectivity index (χ0n) is 7.89. The first-order chi connectivity index (χ1) is 6.75. The molecule has 1 unspecified atom stereocenters. The zero-order valence-corrected chi connectivity index (χ0v) is 8.65. The highest BCUT2D eigenvalue weighted by molar-refractivity contribution is 6.30. The molecule has 1 aliphatic rings. The summed E-state index contributed by atoms with van der Waals surface area (Å²) < 4.78 is 13.1. The van der Waals surface area contributed by atoms with Gasteiger partial charge in [0.2, 0.25) is 0 Å². The Morgan fingerprint density at radius 2 is 2.21 bits per heavy atom. The molecule has 1 N–H and O–H groups in total. The van der Waals surface area contributed by atoms with Crippen LogP contribution in [-0.2, 0) is 0 Å². The largest absolute Gasteiger partial charge is 0.316 e. The van der Waals surface area contributed by atoms with Crippen molar-refractivity contribution in [2.75, 3.05) is 13.1 Å². The van der Waals surface area contributed by atoms with E-state index in [4.69, 9.17) is 11.6 Å². The molecule has 1 aromatic carbocycles. The van der Waals surface area contributed by atoms with E-state index in [0.717, 1.165) is 31.5 Å². The van der Waals surface area contributed by atoms with Crippen molar-refractivity contribution < 1.29 is 4.39 Å². The molecule has 1 aromatic rings. The summed E-state index contributed by atoms with van der Waals surface area (Å²) in [6, 6.07) is 4.80. The van der Waals surface area contributed by atoms with Crippen molar-refractivity contribution in [2.24, 2.45) is 0 Å². The highest BCUT2D eigenvalue weighted by Gasteiger charge is 2.15. The molecule has 1 nitrogen and oxygen atoms in total. The molecule has 1 fully saturated rings. The summed E-state index contributed by atoms with van der Waals surface area (Å²) in [5, 5.41) is 3.80. The van der Waals surface area contributed by atoms with E-state index in [1.54, 1.807) is 6.07 Å². The summed E-state index contributed by atoms with van der Waals surface area (Å²) in [5.74, 6) is 0.176. The molecule has 0 bridgehead atoms. The molecule has 2 rings (SSSR count). The van der Waals surface area contributed by atoms with Gasteiger partial charge in [0.25, 0.3) is 0 Å². The van der Waals surface area contributed by atoms with Crippen LogP contribution in [0, 0.1) is 5.82 Å². The third-order valence-electron chi connectivity index (χ3n) is 2.65. The number of rotatable bonds is 1. The van der Waals surface area contributed by atoms with E-state index in [2.05, 4.69) is 5.32 Å². The van der Waals surface area contributed by atoms with Crippen LogP contribution in [0.2, 0.25) is 5.02 Å². The lowest BCUT2D eigenvalue weighted by molar-refractivity contribution is 0.460. The number of halogens is 2. The van der Waals surface area contributed by atoms with Crippen LogP contribution in [0.3, 0.4) is 0 Å². The lowest BCUT2D eigenvalue weighted by atomic mass is 9.92. The van der Waals surface area contributed by atoms with Crippen molar-refractivity contribution in [1.82, 2.24) is 5.32 Å². The van der Waals surface area contributed by atoms with Gasteiger partial charge in [-0.05, 0) is 49.1 Å². The first kappa shape index (κ1) is 9.94. The zero-order chi connectivity index (χ0) is 9.97. The van der Waals surface area contributed by atoms with Crippen LogP contribution in [0.25, 0.3) is 0 Å². The van der Waals surface area contributed by atoms with Gasteiger partial charge in [0.1, 0.15) is 5.82 Å². The lowest BCUT2D eigenvalue weighted by Gasteiger charge is -2.23. The molecular formula is C11H13ClFN. The minimum Gasteiger partial charge on any atom is -0.316 e. The predicted octanol–water partition coefficient (Wildman–Crippen LogP) is 2.95. The molecule has 0 saturated carbocycles. The molecule has 1 aliphatic heterocycles. The maximum absolute atomic E-state index is 13.1. The summed E-state index contributed by atoms with van der Waals surface area (Å²) in [5.41, 5.74) is 1.02. The molecule has 1 atom stereocenters. The summed E-state index contributed by atoms with van der Waals surface area (Å²) in [7, 11) is 0. The van der Waals surface area contributed by atoms with Gasteiger partial charge in [0.05, 0.1) is 0 Å². The number of nitrogens with one attached hydrogen (secondary N) is 1. The molecule has 0 amide bonds. The second-order valence-electron chi connectivity index (χ2n) is 3.75. The maximum atomic E-state index is 13.1. The van der Waals surface area contributed by atoms with Crippen LogP contribution >= 0.6 is 11.6 Å². The molecule has 76 valence electrons. The first-order valence-corrected chi connectivity index (χ1v) is 5.30. The SMILES string of the molecule is Fc1cc(Cl)cc(C2CCCNC2)c1. The Labute approximate surface area is 88.3 Å². The molecule has 0 spiro atoms. The summed E-state index contributed by atoms with van der Waals surface area (Å²) in [6.07, 6.45) is 2.27. The number of hydrogen-bond donors (Lipinski definition) is 1.